The molecule has 1 saturated heterocycles. The number of nitrogen functional groups attached to an aromatic ring is 1. The molecule has 3 heterocycles. The number of hydrogen-bond donors (Lipinski definition) is 4. The van der Waals surface area contributed by atoms with Crippen molar-refractivity contribution in [3.05, 3.63) is 12.7 Å². The molecule has 6 N–H and O–H groups in total. The summed E-state index contributed by atoms with van der Waals surface area (Å²) >= 11 is 0. The fourth-order valence-electron chi connectivity index (χ4n) is 2.34. The van der Waals surface area contributed by atoms with Crippen LogP contribution in [0.3, 0.4) is 0 Å². The van der Waals surface area contributed by atoms with Gasteiger partial charge < -0.3 is 26.0 Å². The highest BCUT2D eigenvalue weighted by molar-refractivity contribution is 7.46. The van der Waals surface area contributed by atoms with Crippen LogP contribution in [0.15, 0.2) is 12.7 Å². The third kappa shape index (κ3) is 2.95. The minimum atomic E-state index is -4.56. The van der Waals surface area contributed by atoms with Crippen LogP contribution >= 0.6 is 7.82 Å². The molecule has 12 heteroatoms. The van der Waals surface area contributed by atoms with E-state index >= 15 is 0 Å². The standard InChI is InChI=1S/C10H15N6O5P/c11-5-1-7(21-6(5)2-20-22(17,18)19)16-4-15-8-9(12)13-3-14-10(8)16/h3-7H,1-2,11H2,(H2,12,13,14)(H2,17,18,19)/t5-,6+,7+/m0/s1. The Morgan fingerprint density at radius 2 is 2.23 bits per heavy atom. The second kappa shape index (κ2) is 5.54. The van der Waals surface area contributed by atoms with Crippen molar-refractivity contribution in [2.45, 2.75) is 24.8 Å². The van der Waals surface area contributed by atoms with Crippen LogP contribution in [0.1, 0.15) is 12.6 Å². The lowest BCUT2D eigenvalue weighted by Gasteiger charge is -2.16. The molecule has 22 heavy (non-hydrogen) atoms. The molecule has 0 aliphatic carbocycles. The zero-order valence-corrected chi connectivity index (χ0v) is 12.2. The minimum absolute atomic E-state index is 0.257. The first-order valence-electron chi connectivity index (χ1n) is 6.39. The highest BCUT2D eigenvalue weighted by Gasteiger charge is 2.36. The summed E-state index contributed by atoms with van der Waals surface area (Å²) < 4.78 is 22.5. The van der Waals surface area contributed by atoms with Gasteiger partial charge in [0, 0.05) is 12.5 Å². The number of hydrogen-bond acceptors (Lipinski definition) is 8. The molecule has 11 nitrogen and oxygen atoms in total. The van der Waals surface area contributed by atoms with Gasteiger partial charge in [-0.1, -0.05) is 0 Å². The quantitative estimate of drug-likeness (QED) is 0.516. The Kier molecular flexibility index (Phi) is 3.85. The molecule has 2 aromatic rings. The summed E-state index contributed by atoms with van der Waals surface area (Å²) in [4.78, 5) is 29.6. The Morgan fingerprint density at radius 3 is 2.95 bits per heavy atom. The van der Waals surface area contributed by atoms with Crippen LogP contribution in [-0.4, -0.2) is 48.1 Å². The lowest BCUT2D eigenvalue weighted by Crippen LogP contribution is -2.33. The molecule has 1 fully saturated rings. The Labute approximate surface area is 124 Å². The molecule has 0 amide bonds. The topological polar surface area (TPSA) is 172 Å². The van der Waals surface area contributed by atoms with Crippen LogP contribution in [0, 0.1) is 0 Å². The summed E-state index contributed by atoms with van der Waals surface area (Å²) in [7, 11) is -4.56. The van der Waals surface area contributed by atoms with Gasteiger partial charge in [-0.05, 0) is 0 Å². The summed E-state index contributed by atoms with van der Waals surface area (Å²) in [6.45, 7) is -0.300. The maximum absolute atomic E-state index is 10.7. The number of ether oxygens (including phenoxy) is 1. The number of rotatable bonds is 4. The van der Waals surface area contributed by atoms with E-state index in [1.165, 1.54) is 12.7 Å². The number of nitrogens with two attached hydrogens (primary N) is 2. The van der Waals surface area contributed by atoms with E-state index in [0.29, 0.717) is 17.6 Å². The highest BCUT2D eigenvalue weighted by Crippen LogP contribution is 2.38. The molecule has 1 aliphatic rings. The van der Waals surface area contributed by atoms with Gasteiger partial charge in [0.15, 0.2) is 11.5 Å². The molecule has 120 valence electrons. The third-order valence-corrected chi connectivity index (χ3v) is 3.87. The second-order valence-corrected chi connectivity index (χ2v) is 6.14. The van der Waals surface area contributed by atoms with Crippen molar-refractivity contribution in [2.24, 2.45) is 5.73 Å². The van der Waals surface area contributed by atoms with Crippen LogP contribution < -0.4 is 11.5 Å². The number of phosphoric ester groups is 1. The molecule has 2 aromatic heterocycles. The SMILES string of the molecule is Nc1ncnc2c1ncn2[C@H]1C[C@H](N)[C@@H](COP(=O)(O)O)O1. The van der Waals surface area contributed by atoms with E-state index in [0.717, 1.165) is 0 Å². The maximum atomic E-state index is 10.7. The number of aromatic nitrogens is 4. The van der Waals surface area contributed by atoms with Crippen LogP contribution in [0.2, 0.25) is 0 Å². The lowest BCUT2D eigenvalue weighted by molar-refractivity contribution is -0.0230. The predicted octanol–water partition coefficient (Wildman–Crippen LogP) is -0.867. The van der Waals surface area contributed by atoms with E-state index in [1.807, 2.05) is 0 Å². The predicted molar refractivity (Wildman–Crippen MR) is 74.2 cm³/mol. The summed E-state index contributed by atoms with van der Waals surface area (Å²) in [6, 6.07) is -0.437. The molecule has 0 aromatic carbocycles. The number of anilines is 1. The molecule has 0 bridgehead atoms. The van der Waals surface area contributed by atoms with Gasteiger partial charge in [0.05, 0.1) is 19.0 Å². The van der Waals surface area contributed by atoms with Crippen molar-refractivity contribution in [3.63, 3.8) is 0 Å². The summed E-state index contributed by atoms with van der Waals surface area (Å²) in [5.41, 5.74) is 12.6. The first-order valence-corrected chi connectivity index (χ1v) is 7.92. The molecular formula is C10H15N6O5P. The monoisotopic (exact) mass is 330 g/mol. The van der Waals surface area contributed by atoms with E-state index in [-0.39, 0.29) is 12.4 Å². The van der Waals surface area contributed by atoms with Gasteiger partial charge in [0.25, 0.3) is 0 Å². The fourth-order valence-corrected chi connectivity index (χ4v) is 2.68. The molecule has 0 saturated carbocycles. The molecule has 0 spiro atoms. The Bertz CT molecular complexity index is 732. The minimum Gasteiger partial charge on any atom is -0.382 e. The molecular weight excluding hydrogens is 315 g/mol. The van der Waals surface area contributed by atoms with Crippen molar-refractivity contribution in [1.29, 1.82) is 0 Å². The van der Waals surface area contributed by atoms with Crippen LogP contribution in [0.25, 0.3) is 11.2 Å². The fraction of sp³-hybridized carbons (Fsp3) is 0.500. The third-order valence-electron chi connectivity index (χ3n) is 3.39. The van der Waals surface area contributed by atoms with Gasteiger partial charge in [-0.25, -0.2) is 19.5 Å². The molecule has 3 rings (SSSR count). The van der Waals surface area contributed by atoms with Gasteiger partial charge >= 0.3 is 7.82 Å². The zero-order chi connectivity index (χ0) is 15.9. The van der Waals surface area contributed by atoms with Gasteiger partial charge in [0.2, 0.25) is 0 Å². The van der Waals surface area contributed by atoms with Gasteiger partial charge in [0.1, 0.15) is 18.1 Å². The Morgan fingerprint density at radius 1 is 1.45 bits per heavy atom. The van der Waals surface area contributed by atoms with Crippen molar-refractivity contribution in [3.8, 4) is 0 Å². The summed E-state index contributed by atoms with van der Waals surface area (Å²) in [5, 5.41) is 0. The van der Waals surface area contributed by atoms with Crippen LogP contribution in [0.5, 0.6) is 0 Å². The number of imidazole rings is 1. The zero-order valence-electron chi connectivity index (χ0n) is 11.3. The van der Waals surface area contributed by atoms with E-state index in [2.05, 4.69) is 19.5 Å². The average Bonchev–Trinajstić information content (AvgIpc) is 3.00. The number of fused-ring (bicyclic) bond motifs is 1. The molecule has 0 unspecified atom stereocenters. The van der Waals surface area contributed by atoms with E-state index in [1.54, 1.807) is 4.57 Å². The number of nitrogens with zero attached hydrogens (tertiary/aromatic N) is 4. The smallest absolute Gasteiger partial charge is 0.382 e. The van der Waals surface area contributed by atoms with Gasteiger partial charge in [-0.3, -0.25) is 9.09 Å². The van der Waals surface area contributed by atoms with Crippen molar-refractivity contribution < 1.29 is 23.6 Å². The normalized spacial score (nSPS) is 25.9. The van der Waals surface area contributed by atoms with Crippen molar-refractivity contribution in [1.82, 2.24) is 19.5 Å². The lowest BCUT2D eigenvalue weighted by atomic mass is 10.1. The largest absolute Gasteiger partial charge is 0.469 e. The first kappa shape index (κ1) is 15.3. The molecule has 3 atom stereocenters. The van der Waals surface area contributed by atoms with Crippen LogP contribution in [0.4, 0.5) is 5.82 Å². The van der Waals surface area contributed by atoms with Gasteiger partial charge in [-0.15, -0.1) is 0 Å². The maximum Gasteiger partial charge on any atom is 0.469 e. The van der Waals surface area contributed by atoms with Crippen LogP contribution in [-0.2, 0) is 13.8 Å². The average molecular weight is 330 g/mol. The Hall–Kier alpha value is -1.62. The van der Waals surface area contributed by atoms with Gasteiger partial charge in [-0.2, -0.15) is 0 Å². The first-order chi connectivity index (χ1) is 10.3. The van der Waals surface area contributed by atoms with E-state index in [9.17, 15) is 4.57 Å². The highest BCUT2D eigenvalue weighted by atomic mass is 31.2. The second-order valence-electron chi connectivity index (χ2n) is 4.90. The summed E-state index contributed by atoms with van der Waals surface area (Å²) in [5.74, 6) is 0.257. The molecule has 1 aliphatic heterocycles. The van der Waals surface area contributed by atoms with Crippen molar-refractivity contribution >= 4 is 24.8 Å². The number of phosphoric acid groups is 1. The summed E-state index contributed by atoms with van der Waals surface area (Å²) in [6.07, 6.45) is 2.14. The van der Waals surface area contributed by atoms with E-state index in [4.69, 9.17) is 26.0 Å². The van der Waals surface area contributed by atoms with E-state index < -0.39 is 26.2 Å². The molecule has 0 radical (unpaired) electrons. The Balaban J connectivity index is 1.78. The van der Waals surface area contributed by atoms with Crippen molar-refractivity contribution in [2.75, 3.05) is 12.3 Å².